The zero-order valence-corrected chi connectivity index (χ0v) is 16.2. The molecule has 1 N–H and O–H groups in total. The average molecular weight is 418 g/mol. The summed E-state index contributed by atoms with van der Waals surface area (Å²) in [6.07, 6.45) is 1.44. The van der Waals surface area contributed by atoms with Gasteiger partial charge in [-0.3, -0.25) is 19.3 Å². The van der Waals surface area contributed by atoms with Gasteiger partial charge < -0.3 is 9.84 Å². The van der Waals surface area contributed by atoms with Gasteiger partial charge in [-0.15, -0.1) is 0 Å². The molecule has 0 aliphatic carbocycles. The Morgan fingerprint density at radius 2 is 1.86 bits per heavy atom. The number of thioether (sulfide) groups is 1. The van der Waals surface area contributed by atoms with Crippen LogP contribution in [0, 0.1) is 0 Å². The minimum absolute atomic E-state index is 0.00811. The molecule has 0 saturated carbocycles. The van der Waals surface area contributed by atoms with Crippen LogP contribution >= 0.6 is 23.4 Å². The maximum Gasteiger partial charge on any atom is 0.306 e. The number of carboxylic acids is 1. The first kappa shape index (κ1) is 20.0. The highest BCUT2D eigenvalue weighted by Crippen LogP contribution is 2.35. The summed E-state index contributed by atoms with van der Waals surface area (Å²) < 4.78 is 5.50. The molecule has 0 bridgehead atoms. The van der Waals surface area contributed by atoms with Crippen molar-refractivity contribution in [2.45, 2.75) is 13.0 Å². The van der Waals surface area contributed by atoms with Crippen LogP contribution in [0.3, 0.4) is 0 Å². The minimum atomic E-state index is -0.960. The standard InChI is InChI=1S/C20H16ClNO5S/c21-15-7-3-1-6-14(15)12-22-19(25)17(28-20(22)26)11-13-5-2-4-8-16(13)27-10-9-18(23)24/h1-8,11H,9-10,12H2,(H,23,24)/b17-11+. The number of carbonyl (C=O) groups is 3. The van der Waals surface area contributed by atoms with E-state index in [0.29, 0.717) is 21.9 Å². The molecular weight excluding hydrogens is 402 g/mol. The summed E-state index contributed by atoms with van der Waals surface area (Å²) in [6.45, 7) is 0.104. The Hall–Kier alpha value is -2.77. The van der Waals surface area contributed by atoms with E-state index in [1.165, 1.54) is 0 Å². The number of ether oxygens (including phenoxy) is 1. The van der Waals surface area contributed by atoms with Crippen LogP contribution in [0.25, 0.3) is 6.08 Å². The van der Waals surface area contributed by atoms with Crippen molar-refractivity contribution in [2.24, 2.45) is 0 Å². The lowest BCUT2D eigenvalue weighted by Gasteiger charge is -2.13. The summed E-state index contributed by atoms with van der Waals surface area (Å²) in [5, 5.41) is 8.85. The van der Waals surface area contributed by atoms with Crippen molar-refractivity contribution >= 4 is 46.6 Å². The van der Waals surface area contributed by atoms with Crippen LogP contribution < -0.4 is 4.74 Å². The Labute approximate surface area is 170 Å². The molecule has 0 spiro atoms. The third kappa shape index (κ3) is 4.74. The predicted octanol–water partition coefficient (Wildman–Crippen LogP) is 4.43. The number of carbonyl (C=O) groups excluding carboxylic acids is 2. The van der Waals surface area contributed by atoms with Crippen LogP contribution in [0.1, 0.15) is 17.5 Å². The van der Waals surface area contributed by atoms with Gasteiger partial charge >= 0.3 is 5.97 Å². The summed E-state index contributed by atoms with van der Waals surface area (Å²) in [7, 11) is 0. The van der Waals surface area contributed by atoms with Crippen molar-refractivity contribution < 1.29 is 24.2 Å². The largest absolute Gasteiger partial charge is 0.492 e. The predicted molar refractivity (Wildman–Crippen MR) is 107 cm³/mol. The first-order valence-corrected chi connectivity index (χ1v) is 9.57. The average Bonchev–Trinajstić information content (AvgIpc) is 2.92. The second-order valence-corrected chi connectivity index (χ2v) is 7.29. The van der Waals surface area contributed by atoms with Crippen LogP contribution in [0.5, 0.6) is 5.75 Å². The number of aliphatic carboxylic acids is 1. The van der Waals surface area contributed by atoms with Crippen LogP contribution in [0.2, 0.25) is 5.02 Å². The summed E-state index contributed by atoms with van der Waals surface area (Å²) >= 11 is 6.97. The number of hydrogen-bond donors (Lipinski definition) is 1. The van der Waals surface area contributed by atoms with E-state index >= 15 is 0 Å². The summed E-state index contributed by atoms with van der Waals surface area (Å²) in [6, 6.07) is 14.0. The number of carboxylic acid groups (broad SMARTS) is 1. The molecule has 2 amide bonds. The van der Waals surface area contributed by atoms with Gasteiger partial charge in [0.1, 0.15) is 5.75 Å². The van der Waals surface area contributed by atoms with Gasteiger partial charge in [0, 0.05) is 10.6 Å². The van der Waals surface area contributed by atoms with Gasteiger partial charge in [0.2, 0.25) is 0 Å². The zero-order chi connectivity index (χ0) is 20.1. The van der Waals surface area contributed by atoms with Crippen molar-refractivity contribution in [3.05, 3.63) is 69.6 Å². The van der Waals surface area contributed by atoms with Crippen LogP contribution in [-0.4, -0.2) is 33.7 Å². The van der Waals surface area contributed by atoms with Gasteiger partial charge in [0.05, 0.1) is 24.5 Å². The third-order valence-corrected chi connectivity index (χ3v) is 5.22. The maximum absolute atomic E-state index is 12.7. The highest BCUT2D eigenvalue weighted by Gasteiger charge is 2.35. The van der Waals surface area contributed by atoms with E-state index in [-0.39, 0.29) is 29.7 Å². The quantitative estimate of drug-likeness (QED) is 0.671. The van der Waals surface area contributed by atoms with Crippen LogP contribution in [-0.2, 0) is 16.1 Å². The van der Waals surface area contributed by atoms with E-state index in [0.717, 1.165) is 16.7 Å². The van der Waals surface area contributed by atoms with Gasteiger partial charge in [0.25, 0.3) is 11.1 Å². The number of nitrogens with zero attached hydrogens (tertiary/aromatic N) is 1. The van der Waals surface area contributed by atoms with Gasteiger partial charge in [-0.25, -0.2) is 0 Å². The number of imide groups is 1. The van der Waals surface area contributed by atoms with Crippen molar-refractivity contribution in [3.63, 3.8) is 0 Å². The highest BCUT2D eigenvalue weighted by molar-refractivity contribution is 8.18. The van der Waals surface area contributed by atoms with E-state index in [4.69, 9.17) is 21.4 Å². The minimum Gasteiger partial charge on any atom is -0.492 e. The topological polar surface area (TPSA) is 83.9 Å². The first-order chi connectivity index (χ1) is 13.5. The number of hydrogen-bond acceptors (Lipinski definition) is 5. The van der Waals surface area contributed by atoms with Gasteiger partial charge in [-0.05, 0) is 35.5 Å². The maximum atomic E-state index is 12.7. The molecule has 1 saturated heterocycles. The Morgan fingerprint density at radius 1 is 1.14 bits per heavy atom. The van der Waals surface area contributed by atoms with E-state index in [1.54, 1.807) is 54.6 Å². The molecule has 0 aromatic heterocycles. The van der Waals surface area contributed by atoms with E-state index in [1.807, 2.05) is 0 Å². The fraction of sp³-hybridized carbons (Fsp3) is 0.150. The third-order valence-electron chi connectivity index (χ3n) is 3.94. The molecule has 0 unspecified atom stereocenters. The molecule has 0 radical (unpaired) electrons. The smallest absolute Gasteiger partial charge is 0.306 e. The molecule has 1 fully saturated rings. The molecule has 0 atom stereocenters. The van der Waals surface area contributed by atoms with E-state index in [9.17, 15) is 14.4 Å². The molecule has 1 aliphatic rings. The van der Waals surface area contributed by atoms with Gasteiger partial charge in [0.15, 0.2) is 0 Å². The summed E-state index contributed by atoms with van der Waals surface area (Å²) in [5.41, 5.74) is 1.28. The summed E-state index contributed by atoms with van der Waals surface area (Å²) in [4.78, 5) is 37.1. The molecule has 28 heavy (non-hydrogen) atoms. The molecule has 1 heterocycles. The number of benzene rings is 2. The Bertz CT molecular complexity index is 959. The molecule has 144 valence electrons. The number of para-hydroxylation sites is 1. The van der Waals surface area contributed by atoms with Crippen molar-refractivity contribution in [2.75, 3.05) is 6.61 Å². The monoisotopic (exact) mass is 417 g/mol. The molecule has 1 aliphatic heterocycles. The second kappa shape index (κ2) is 8.95. The number of halogens is 1. The van der Waals surface area contributed by atoms with Crippen molar-refractivity contribution in [1.29, 1.82) is 0 Å². The molecule has 2 aromatic carbocycles. The SMILES string of the molecule is O=C(O)CCOc1ccccc1/C=C1/SC(=O)N(Cc2ccccc2Cl)C1=O. The molecular formula is C20H16ClNO5S. The fourth-order valence-electron chi connectivity index (χ4n) is 2.55. The lowest BCUT2D eigenvalue weighted by Crippen LogP contribution is -2.27. The molecule has 8 heteroatoms. The summed E-state index contributed by atoms with van der Waals surface area (Å²) in [5.74, 6) is -0.921. The highest BCUT2D eigenvalue weighted by atomic mass is 35.5. The Morgan fingerprint density at radius 3 is 2.61 bits per heavy atom. The van der Waals surface area contributed by atoms with E-state index in [2.05, 4.69) is 0 Å². The van der Waals surface area contributed by atoms with Crippen LogP contribution in [0.4, 0.5) is 4.79 Å². The number of amides is 2. The normalized spacial score (nSPS) is 15.3. The molecule has 2 aromatic rings. The van der Waals surface area contributed by atoms with Crippen molar-refractivity contribution in [1.82, 2.24) is 4.90 Å². The zero-order valence-electron chi connectivity index (χ0n) is 14.6. The van der Waals surface area contributed by atoms with Crippen molar-refractivity contribution in [3.8, 4) is 5.75 Å². The van der Waals surface area contributed by atoms with Gasteiger partial charge in [-0.2, -0.15) is 0 Å². The lowest BCUT2D eigenvalue weighted by molar-refractivity contribution is -0.137. The first-order valence-electron chi connectivity index (χ1n) is 8.38. The molecule has 3 rings (SSSR count). The number of rotatable bonds is 7. The Balaban J connectivity index is 1.78. The second-order valence-electron chi connectivity index (χ2n) is 5.89. The molecule has 6 nitrogen and oxygen atoms in total. The Kier molecular flexibility index (Phi) is 6.38. The van der Waals surface area contributed by atoms with Crippen LogP contribution in [0.15, 0.2) is 53.4 Å². The van der Waals surface area contributed by atoms with E-state index < -0.39 is 11.9 Å². The lowest BCUT2D eigenvalue weighted by atomic mass is 10.1. The van der Waals surface area contributed by atoms with Gasteiger partial charge in [-0.1, -0.05) is 48.0 Å². The fourth-order valence-corrected chi connectivity index (χ4v) is 3.58.